The molecule has 1 N–H and O–H groups in total. The van der Waals surface area contributed by atoms with E-state index in [1.54, 1.807) is 22.4 Å². The maximum absolute atomic E-state index is 13.0. The molecule has 1 aliphatic rings. The van der Waals surface area contributed by atoms with Crippen LogP contribution in [0, 0.1) is 5.82 Å². The molecule has 26 heavy (non-hydrogen) atoms. The molecule has 3 rings (SSSR count). The van der Waals surface area contributed by atoms with Crippen LogP contribution in [0.1, 0.15) is 5.69 Å². The molecule has 0 spiro atoms. The molecule has 1 aliphatic heterocycles. The normalized spacial score (nSPS) is 15.2. The van der Waals surface area contributed by atoms with Crippen molar-refractivity contribution in [2.45, 2.75) is 6.42 Å². The zero-order chi connectivity index (χ0) is 18.7. The van der Waals surface area contributed by atoms with E-state index in [4.69, 9.17) is 0 Å². The molecule has 1 fully saturated rings. The number of aromatic nitrogens is 1. The average Bonchev–Trinajstić information content (AvgIpc) is 3.00. The number of carbonyl (C=O) groups excluding carboxylic acids is 1. The van der Waals surface area contributed by atoms with E-state index in [9.17, 15) is 17.6 Å². The lowest BCUT2D eigenvalue weighted by atomic mass is 10.2. The number of thiazole rings is 1. The van der Waals surface area contributed by atoms with Crippen LogP contribution in [0.5, 0.6) is 0 Å². The number of hydrogen-bond acceptors (Lipinski definition) is 6. The van der Waals surface area contributed by atoms with Crippen LogP contribution >= 0.6 is 11.3 Å². The number of rotatable bonds is 5. The Morgan fingerprint density at radius 3 is 2.50 bits per heavy atom. The highest BCUT2D eigenvalue weighted by atomic mass is 32.2. The molecule has 1 aromatic heterocycles. The molecule has 1 aromatic carbocycles. The minimum atomic E-state index is -3.37. The summed E-state index contributed by atoms with van der Waals surface area (Å²) in [7, 11) is -3.37. The summed E-state index contributed by atoms with van der Waals surface area (Å²) in [4.78, 5) is 20.4. The van der Waals surface area contributed by atoms with Gasteiger partial charge in [-0.1, -0.05) is 0 Å². The molecule has 0 saturated carbocycles. The fourth-order valence-electron chi connectivity index (χ4n) is 2.73. The van der Waals surface area contributed by atoms with Crippen molar-refractivity contribution in [1.82, 2.24) is 9.88 Å². The molecule has 1 saturated heterocycles. The molecule has 10 heteroatoms. The van der Waals surface area contributed by atoms with Gasteiger partial charge in [-0.25, -0.2) is 17.8 Å². The van der Waals surface area contributed by atoms with Gasteiger partial charge in [0.2, 0.25) is 15.9 Å². The van der Waals surface area contributed by atoms with Crippen molar-refractivity contribution in [2.75, 3.05) is 42.1 Å². The molecule has 2 heterocycles. The molecular formula is C16H19FN4O3S2. The van der Waals surface area contributed by atoms with Crippen molar-refractivity contribution < 1.29 is 17.6 Å². The SMILES string of the molecule is CS(=O)(=O)Nc1nc(CC(=O)N2CCN(c3ccc(F)cc3)CC2)cs1. The van der Waals surface area contributed by atoms with Gasteiger partial charge in [0, 0.05) is 37.2 Å². The molecule has 0 bridgehead atoms. The second kappa shape index (κ2) is 7.58. The Morgan fingerprint density at radius 1 is 1.23 bits per heavy atom. The van der Waals surface area contributed by atoms with Gasteiger partial charge in [-0.05, 0) is 24.3 Å². The predicted molar refractivity (Wildman–Crippen MR) is 99.5 cm³/mol. The van der Waals surface area contributed by atoms with Crippen molar-refractivity contribution in [2.24, 2.45) is 0 Å². The third kappa shape index (κ3) is 4.92. The first-order valence-electron chi connectivity index (χ1n) is 8.01. The highest BCUT2D eigenvalue weighted by Crippen LogP contribution is 2.19. The number of piperazine rings is 1. The van der Waals surface area contributed by atoms with Crippen LogP contribution in [0.25, 0.3) is 0 Å². The Balaban J connectivity index is 1.53. The van der Waals surface area contributed by atoms with Crippen LogP contribution in [-0.2, 0) is 21.2 Å². The van der Waals surface area contributed by atoms with Gasteiger partial charge in [-0.15, -0.1) is 11.3 Å². The lowest BCUT2D eigenvalue weighted by Gasteiger charge is -2.36. The largest absolute Gasteiger partial charge is 0.368 e. The number of amides is 1. The molecule has 2 aromatic rings. The van der Waals surface area contributed by atoms with Gasteiger partial charge in [0.05, 0.1) is 18.4 Å². The monoisotopic (exact) mass is 398 g/mol. The standard InChI is InChI=1S/C16H19FN4O3S2/c1-26(23,24)19-16-18-13(11-25-16)10-15(22)21-8-6-20(7-9-21)14-4-2-12(17)3-5-14/h2-5,11H,6-10H2,1H3,(H,18,19). The smallest absolute Gasteiger partial charge is 0.231 e. The number of sulfonamides is 1. The summed E-state index contributed by atoms with van der Waals surface area (Å²) in [6.07, 6.45) is 1.19. The minimum absolute atomic E-state index is 0.0417. The summed E-state index contributed by atoms with van der Waals surface area (Å²) in [5.41, 5.74) is 1.49. The van der Waals surface area contributed by atoms with E-state index in [1.807, 2.05) is 0 Å². The van der Waals surface area contributed by atoms with Gasteiger partial charge in [0.25, 0.3) is 0 Å². The maximum Gasteiger partial charge on any atom is 0.231 e. The van der Waals surface area contributed by atoms with E-state index in [1.165, 1.54) is 12.1 Å². The number of benzene rings is 1. The molecule has 0 radical (unpaired) electrons. The van der Waals surface area contributed by atoms with Crippen LogP contribution in [0.2, 0.25) is 0 Å². The van der Waals surface area contributed by atoms with Gasteiger partial charge in [0.15, 0.2) is 5.13 Å². The zero-order valence-electron chi connectivity index (χ0n) is 14.2. The summed E-state index contributed by atoms with van der Waals surface area (Å²) >= 11 is 1.15. The second-order valence-electron chi connectivity index (χ2n) is 6.04. The van der Waals surface area contributed by atoms with Crippen LogP contribution < -0.4 is 9.62 Å². The van der Waals surface area contributed by atoms with E-state index in [0.717, 1.165) is 23.3 Å². The quantitative estimate of drug-likeness (QED) is 0.826. The topological polar surface area (TPSA) is 82.6 Å². The summed E-state index contributed by atoms with van der Waals surface area (Å²) in [5.74, 6) is -0.310. The summed E-state index contributed by atoms with van der Waals surface area (Å²) in [6.45, 7) is 2.51. The van der Waals surface area contributed by atoms with E-state index in [-0.39, 0.29) is 23.3 Å². The van der Waals surface area contributed by atoms with Crippen molar-refractivity contribution in [1.29, 1.82) is 0 Å². The van der Waals surface area contributed by atoms with Crippen molar-refractivity contribution in [3.8, 4) is 0 Å². The maximum atomic E-state index is 13.0. The van der Waals surface area contributed by atoms with Gasteiger partial charge in [-0.3, -0.25) is 9.52 Å². The van der Waals surface area contributed by atoms with Crippen LogP contribution in [0.15, 0.2) is 29.6 Å². The molecule has 140 valence electrons. The van der Waals surface area contributed by atoms with E-state index < -0.39 is 10.0 Å². The van der Waals surface area contributed by atoms with Crippen LogP contribution in [0.3, 0.4) is 0 Å². The van der Waals surface area contributed by atoms with E-state index in [0.29, 0.717) is 31.9 Å². The third-order valence-electron chi connectivity index (χ3n) is 3.98. The van der Waals surface area contributed by atoms with Gasteiger partial charge in [-0.2, -0.15) is 0 Å². The zero-order valence-corrected chi connectivity index (χ0v) is 15.8. The highest BCUT2D eigenvalue weighted by Gasteiger charge is 2.22. The van der Waals surface area contributed by atoms with Gasteiger partial charge >= 0.3 is 0 Å². The Labute approximate surface area is 155 Å². The van der Waals surface area contributed by atoms with Gasteiger partial charge < -0.3 is 9.80 Å². The number of nitrogens with one attached hydrogen (secondary N) is 1. The first-order chi connectivity index (χ1) is 12.3. The van der Waals surface area contributed by atoms with Crippen molar-refractivity contribution in [3.63, 3.8) is 0 Å². The fraction of sp³-hybridized carbons (Fsp3) is 0.375. The fourth-order valence-corrected chi connectivity index (χ4v) is 4.29. The number of anilines is 2. The predicted octanol–water partition coefficient (Wildman–Crippen LogP) is 1.54. The van der Waals surface area contributed by atoms with Crippen molar-refractivity contribution >= 4 is 38.1 Å². The summed E-state index contributed by atoms with van der Waals surface area (Å²) in [6, 6.07) is 6.32. The highest BCUT2D eigenvalue weighted by molar-refractivity contribution is 7.92. The Kier molecular flexibility index (Phi) is 5.42. The Morgan fingerprint density at radius 2 is 1.88 bits per heavy atom. The second-order valence-corrected chi connectivity index (χ2v) is 8.65. The number of carbonyl (C=O) groups is 1. The average molecular weight is 398 g/mol. The van der Waals surface area contributed by atoms with Gasteiger partial charge in [0.1, 0.15) is 5.82 Å². The van der Waals surface area contributed by atoms with Crippen LogP contribution in [-0.4, -0.2) is 56.6 Å². The first-order valence-corrected chi connectivity index (χ1v) is 10.8. The third-order valence-corrected chi connectivity index (χ3v) is 5.48. The molecule has 7 nitrogen and oxygen atoms in total. The van der Waals surface area contributed by atoms with Crippen molar-refractivity contribution in [3.05, 3.63) is 41.2 Å². The Bertz CT molecular complexity index is 875. The molecular weight excluding hydrogens is 379 g/mol. The number of hydrogen-bond donors (Lipinski definition) is 1. The summed E-state index contributed by atoms with van der Waals surface area (Å²) in [5, 5.41) is 1.94. The lowest BCUT2D eigenvalue weighted by Crippen LogP contribution is -2.49. The summed E-state index contributed by atoms with van der Waals surface area (Å²) < 4.78 is 37.7. The Hall–Kier alpha value is -2.20. The van der Waals surface area contributed by atoms with E-state index in [2.05, 4.69) is 14.6 Å². The molecule has 1 amide bonds. The lowest BCUT2D eigenvalue weighted by molar-refractivity contribution is -0.130. The number of halogens is 1. The first kappa shape index (κ1) is 18.6. The molecule has 0 unspecified atom stereocenters. The molecule has 0 atom stereocenters. The van der Waals surface area contributed by atoms with E-state index >= 15 is 0 Å². The van der Waals surface area contributed by atoms with Crippen LogP contribution in [0.4, 0.5) is 15.2 Å². The number of nitrogens with zero attached hydrogens (tertiary/aromatic N) is 3. The molecule has 0 aliphatic carbocycles. The minimum Gasteiger partial charge on any atom is -0.368 e.